The number of aliphatic hydroxyl groups is 1. The lowest BCUT2D eigenvalue weighted by Gasteiger charge is -2.12. The molecule has 0 aliphatic carbocycles. The summed E-state index contributed by atoms with van der Waals surface area (Å²) in [5.41, 5.74) is 1.39. The van der Waals surface area contributed by atoms with Crippen molar-refractivity contribution in [2.75, 3.05) is 5.75 Å². The first kappa shape index (κ1) is 16.3. The Labute approximate surface area is 134 Å². The van der Waals surface area contributed by atoms with Crippen LogP contribution in [0.5, 0.6) is 0 Å². The number of hydrogen-bond acceptors (Lipinski definition) is 3. The summed E-state index contributed by atoms with van der Waals surface area (Å²) in [6.07, 6.45) is -1.16. The molecule has 0 radical (unpaired) electrons. The lowest BCUT2D eigenvalue weighted by molar-refractivity contribution is 0.201. The maximum absolute atomic E-state index is 12.3. The van der Waals surface area contributed by atoms with Gasteiger partial charge < -0.3 is 5.11 Å². The lowest BCUT2D eigenvalue weighted by atomic mass is 10.1. The summed E-state index contributed by atoms with van der Waals surface area (Å²) in [4.78, 5) is 0.187. The van der Waals surface area contributed by atoms with E-state index in [1.54, 1.807) is 18.2 Å². The molecule has 0 saturated heterocycles. The molecule has 2 aromatic rings. The van der Waals surface area contributed by atoms with E-state index in [1.165, 1.54) is 24.3 Å². The number of hydrogen-bond donors (Lipinski definition) is 1. The molecule has 0 spiro atoms. The van der Waals surface area contributed by atoms with Gasteiger partial charge in [-0.05, 0) is 36.8 Å². The van der Waals surface area contributed by atoms with Crippen LogP contribution < -0.4 is 0 Å². The summed E-state index contributed by atoms with van der Waals surface area (Å²) in [6, 6.07) is 11.1. The summed E-state index contributed by atoms with van der Waals surface area (Å²) in [5, 5.41) is 10.7. The van der Waals surface area contributed by atoms with Gasteiger partial charge in [-0.2, -0.15) is 0 Å². The van der Waals surface area contributed by atoms with Crippen molar-refractivity contribution < 1.29 is 13.5 Å². The Hall–Kier alpha value is -1.07. The third-order valence-corrected chi connectivity index (χ3v) is 5.57. The van der Waals surface area contributed by atoms with Crippen LogP contribution in [0.4, 0.5) is 0 Å². The predicted octanol–water partition coefficient (Wildman–Crippen LogP) is 3.81. The molecule has 0 aliphatic heterocycles. The standard InChI is InChI=1S/C15H14Cl2O3S/c1-10-2-5-12(6-3-10)21(19,20)9-15(18)11-4-7-13(16)14(17)8-11/h2-8,15,18H,9H2,1H3/t15-/m0/s1. The van der Waals surface area contributed by atoms with E-state index in [1.807, 2.05) is 6.92 Å². The second-order valence-electron chi connectivity index (χ2n) is 4.78. The van der Waals surface area contributed by atoms with E-state index in [0.29, 0.717) is 10.6 Å². The number of rotatable bonds is 4. The fourth-order valence-corrected chi connectivity index (χ4v) is 3.52. The number of halogens is 2. The highest BCUT2D eigenvalue weighted by atomic mass is 35.5. The van der Waals surface area contributed by atoms with Gasteiger partial charge in [-0.1, -0.05) is 47.0 Å². The molecule has 3 nitrogen and oxygen atoms in total. The van der Waals surface area contributed by atoms with E-state index >= 15 is 0 Å². The third kappa shape index (κ3) is 3.98. The Morgan fingerprint density at radius 3 is 2.24 bits per heavy atom. The van der Waals surface area contributed by atoms with Gasteiger partial charge in [0.05, 0.1) is 26.8 Å². The normalized spacial score (nSPS) is 13.1. The van der Waals surface area contributed by atoms with Crippen LogP contribution >= 0.6 is 23.2 Å². The molecule has 2 rings (SSSR count). The summed E-state index contributed by atoms with van der Waals surface area (Å²) < 4.78 is 24.5. The molecular formula is C15H14Cl2O3S. The van der Waals surface area contributed by atoms with Gasteiger partial charge >= 0.3 is 0 Å². The Bertz CT molecular complexity index is 740. The quantitative estimate of drug-likeness (QED) is 0.917. The van der Waals surface area contributed by atoms with Gasteiger partial charge in [0.15, 0.2) is 9.84 Å². The van der Waals surface area contributed by atoms with Crippen LogP contribution in [0.1, 0.15) is 17.2 Å². The zero-order chi connectivity index (χ0) is 15.6. The van der Waals surface area contributed by atoms with Crippen molar-refractivity contribution in [3.8, 4) is 0 Å². The maximum atomic E-state index is 12.3. The number of benzene rings is 2. The van der Waals surface area contributed by atoms with Crippen LogP contribution in [0, 0.1) is 6.92 Å². The first-order valence-electron chi connectivity index (χ1n) is 6.22. The summed E-state index contributed by atoms with van der Waals surface area (Å²) in [6.45, 7) is 1.88. The molecular weight excluding hydrogens is 331 g/mol. The second kappa shape index (κ2) is 6.36. The first-order valence-corrected chi connectivity index (χ1v) is 8.63. The van der Waals surface area contributed by atoms with Crippen molar-refractivity contribution >= 4 is 33.0 Å². The van der Waals surface area contributed by atoms with E-state index in [-0.39, 0.29) is 9.92 Å². The molecule has 0 fully saturated rings. The zero-order valence-corrected chi connectivity index (χ0v) is 13.6. The molecule has 0 saturated carbocycles. The van der Waals surface area contributed by atoms with Crippen molar-refractivity contribution in [1.82, 2.24) is 0 Å². The third-order valence-electron chi connectivity index (χ3n) is 3.09. The van der Waals surface area contributed by atoms with Gasteiger partial charge in [-0.3, -0.25) is 0 Å². The van der Waals surface area contributed by atoms with Crippen molar-refractivity contribution in [1.29, 1.82) is 0 Å². The van der Waals surface area contributed by atoms with Gasteiger partial charge in [-0.15, -0.1) is 0 Å². The fourth-order valence-electron chi connectivity index (χ4n) is 1.87. The van der Waals surface area contributed by atoms with Crippen LogP contribution in [0.25, 0.3) is 0 Å². The topological polar surface area (TPSA) is 54.4 Å². The average Bonchev–Trinajstić information content (AvgIpc) is 2.41. The van der Waals surface area contributed by atoms with Crippen LogP contribution in [-0.4, -0.2) is 19.3 Å². The van der Waals surface area contributed by atoms with Gasteiger partial charge in [0, 0.05) is 0 Å². The first-order chi connectivity index (χ1) is 9.79. The molecule has 6 heteroatoms. The highest BCUT2D eigenvalue weighted by Crippen LogP contribution is 2.27. The summed E-state index contributed by atoms with van der Waals surface area (Å²) >= 11 is 11.7. The minimum atomic E-state index is -3.57. The maximum Gasteiger partial charge on any atom is 0.181 e. The van der Waals surface area contributed by atoms with E-state index in [2.05, 4.69) is 0 Å². The number of sulfone groups is 1. The molecule has 1 atom stereocenters. The van der Waals surface area contributed by atoms with Crippen molar-refractivity contribution in [2.24, 2.45) is 0 Å². The van der Waals surface area contributed by atoms with Crippen molar-refractivity contribution in [3.05, 3.63) is 63.6 Å². The Kier molecular flexibility index (Phi) is 4.94. The Balaban J connectivity index is 2.23. The number of aryl methyl sites for hydroxylation is 1. The SMILES string of the molecule is Cc1ccc(S(=O)(=O)C[C@H](O)c2ccc(Cl)c(Cl)c2)cc1. The molecule has 0 unspecified atom stereocenters. The average molecular weight is 345 g/mol. The largest absolute Gasteiger partial charge is 0.387 e. The Morgan fingerprint density at radius 1 is 1.05 bits per heavy atom. The van der Waals surface area contributed by atoms with Crippen LogP contribution in [0.3, 0.4) is 0 Å². The van der Waals surface area contributed by atoms with Crippen molar-refractivity contribution in [3.63, 3.8) is 0 Å². The molecule has 2 aromatic carbocycles. The van der Waals surface area contributed by atoms with Crippen LogP contribution in [-0.2, 0) is 9.84 Å². The molecule has 112 valence electrons. The monoisotopic (exact) mass is 344 g/mol. The minimum Gasteiger partial charge on any atom is -0.387 e. The summed E-state index contributed by atoms with van der Waals surface area (Å²) in [5.74, 6) is -0.409. The molecule has 0 aromatic heterocycles. The van der Waals surface area contributed by atoms with Gasteiger partial charge in [0.25, 0.3) is 0 Å². The van der Waals surface area contributed by atoms with Gasteiger partial charge in [-0.25, -0.2) is 8.42 Å². The fraction of sp³-hybridized carbons (Fsp3) is 0.200. The Morgan fingerprint density at radius 2 is 1.67 bits per heavy atom. The zero-order valence-electron chi connectivity index (χ0n) is 11.3. The number of aliphatic hydroxyl groups excluding tert-OH is 1. The molecule has 1 N–H and O–H groups in total. The van der Waals surface area contributed by atoms with Crippen molar-refractivity contribution in [2.45, 2.75) is 17.9 Å². The smallest absolute Gasteiger partial charge is 0.181 e. The molecule has 0 aliphatic rings. The predicted molar refractivity (Wildman–Crippen MR) is 84.7 cm³/mol. The molecule has 0 bridgehead atoms. The minimum absolute atomic E-state index is 0.187. The highest BCUT2D eigenvalue weighted by Gasteiger charge is 2.21. The van der Waals surface area contributed by atoms with Gasteiger partial charge in [0.1, 0.15) is 0 Å². The van der Waals surface area contributed by atoms with Crippen LogP contribution in [0.2, 0.25) is 10.0 Å². The molecule has 21 heavy (non-hydrogen) atoms. The second-order valence-corrected chi connectivity index (χ2v) is 7.63. The molecule has 0 heterocycles. The van der Waals surface area contributed by atoms with Crippen LogP contribution in [0.15, 0.2) is 47.4 Å². The molecule has 0 amide bonds. The highest BCUT2D eigenvalue weighted by molar-refractivity contribution is 7.91. The lowest BCUT2D eigenvalue weighted by Crippen LogP contribution is -2.14. The summed E-state index contributed by atoms with van der Waals surface area (Å²) in [7, 11) is -3.57. The van der Waals surface area contributed by atoms with E-state index in [4.69, 9.17) is 23.2 Å². The van der Waals surface area contributed by atoms with Gasteiger partial charge in [0.2, 0.25) is 0 Å². The van der Waals surface area contributed by atoms with E-state index in [9.17, 15) is 13.5 Å². The van der Waals surface area contributed by atoms with E-state index in [0.717, 1.165) is 5.56 Å². The van der Waals surface area contributed by atoms with E-state index < -0.39 is 21.7 Å².